The van der Waals surface area contributed by atoms with Gasteiger partial charge in [0.2, 0.25) is 5.91 Å². The summed E-state index contributed by atoms with van der Waals surface area (Å²) in [6.07, 6.45) is 1.61. The summed E-state index contributed by atoms with van der Waals surface area (Å²) < 4.78 is 0. The van der Waals surface area contributed by atoms with Gasteiger partial charge >= 0.3 is 0 Å². The molecule has 0 unspecified atom stereocenters. The van der Waals surface area contributed by atoms with Gasteiger partial charge in [0.05, 0.1) is 17.5 Å². The first-order valence-corrected chi connectivity index (χ1v) is 13.1. The van der Waals surface area contributed by atoms with E-state index in [1.807, 2.05) is 23.1 Å². The molecule has 2 aliphatic rings. The minimum atomic E-state index is -0.498. The lowest BCUT2D eigenvalue weighted by atomic mass is 9.93. The molecule has 1 fully saturated rings. The first-order valence-electron chi connectivity index (χ1n) is 12.2. The normalized spacial score (nSPS) is 18.4. The van der Waals surface area contributed by atoms with Crippen LogP contribution in [-0.4, -0.2) is 70.7 Å². The zero-order valence-electron chi connectivity index (χ0n) is 19.9. The molecule has 5 rings (SSSR count). The lowest BCUT2D eigenvalue weighted by molar-refractivity contribution is -0.384. The summed E-state index contributed by atoms with van der Waals surface area (Å²) in [4.78, 5) is 44.2. The molecule has 0 saturated carbocycles. The van der Waals surface area contributed by atoms with E-state index in [0.717, 1.165) is 13.0 Å². The topological polar surface area (TPSA) is 87.0 Å². The number of non-ortho nitro benzene ring substituents is 1. The minimum Gasteiger partial charge on any atom is -0.340 e. The lowest BCUT2D eigenvalue weighted by Crippen LogP contribution is -2.45. The predicted octanol–water partition coefficient (Wildman–Crippen LogP) is 3.98. The maximum Gasteiger partial charge on any atom is 0.270 e. The Morgan fingerprint density at radius 3 is 2.53 bits per heavy atom. The number of hydrogen-bond acceptors (Lipinski definition) is 6. The Bertz CT molecular complexity index is 1260. The van der Waals surface area contributed by atoms with Crippen molar-refractivity contribution < 1.29 is 14.5 Å². The van der Waals surface area contributed by atoms with E-state index in [9.17, 15) is 19.7 Å². The lowest BCUT2D eigenvalue weighted by Gasteiger charge is -2.37. The molecule has 1 aromatic heterocycles. The van der Waals surface area contributed by atoms with Crippen LogP contribution in [0.25, 0.3) is 0 Å². The van der Waals surface area contributed by atoms with Gasteiger partial charge in [0.25, 0.3) is 11.6 Å². The maximum absolute atomic E-state index is 13.4. The van der Waals surface area contributed by atoms with Gasteiger partial charge in [-0.3, -0.25) is 24.6 Å². The second-order valence-corrected chi connectivity index (χ2v) is 10.2. The average Bonchev–Trinajstić information content (AvgIpc) is 3.24. The molecule has 0 N–H and O–H groups in total. The molecular formula is C27H28N4O4S. The summed E-state index contributed by atoms with van der Waals surface area (Å²) in [7, 11) is 0. The Balaban J connectivity index is 1.26. The zero-order valence-corrected chi connectivity index (χ0v) is 20.7. The van der Waals surface area contributed by atoms with Gasteiger partial charge in [-0.1, -0.05) is 36.4 Å². The molecule has 2 aromatic carbocycles. The third-order valence-corrected chi connectivity index (χ3v) is 7.96. The highest BCUT2D eigenvalue weighted by Crippen LogP contribution is 2.37. The first kappa shape index (κ1) is 24.1. The summed E-state index contributed by atoms with van der Waals surface area (Å²) in [6.45, 7) is 3.11. The predicted molar refractivity (Wildman–Crippen MR) is 138 cm³/mol. The zero-order chi connectivity index (χ0) is 25.1. The highest BCUT2D eigenvalue weighted by atomic mass is 32.1. The summed E-state index contributed by atoms with van der Waals surface area (Å²) >= 11 is 1.78. The van der Waals surface area contributed by atoms with Crippen LogP contribution in [0.15, 0.2) is 66.0 Å². The van der Waals surface area contributed by atoms with E-state index in [4.69, 9.17) is 0 Å². The highest BCUT2D eigenvalue weighted by Gasteiger charge is 2.32. The van der Waals surface area contributed by atoms with Gasteiger partial charge < -0.3 is 9.80 Å². The van der Waals surface area contributed by atoms with Crippen molar-refractivity contribution >= 4 is 28.8 Å². The number of nitro groups is 1. The third kappa shape index (κ3) is 5.03. The number of benzene rings is 2. The van der Waals surface area contributed by atoms with Gasteiger partial charge in [-0.2, -0.15) is 0 Å². The quantitative estimate of drug-likeness (QED) is 0.388. The number of hydrogen-bond donors (Lipinski definition) is 0. The Kier molecular flexibility index (Phi) is 7.11. The third-order valence-electron chi connectivity index (χ3n) is 6.96. The molecule has 2 aliphatic heterocycles. The van der Waals surface area contributed by atoms with Crippen LogP contribution in [-0.2, 0) is 11.2 Å². The van der Waals surface area contributed by atoms with Crippen molar-refractivity contribution in [2.75, 3.05) is 39.3 Å². The van der Waals surface area contributed by atoms with Crippen molar-refractivity contribution in [1.82, 2.24) is 14.7 Å². The number of carbonyl (C=O) groups is 2. The fourth-order valence-corrected chi connectivity index (χ4v) is 6.05. The van der Waals surface area contributed by atoms with Crippen LogP contribution >= 0.6 is 11.3 Å². The van der Waals surface area contributed by atoms with Crippen LogP contribution in [0.4, 0.5) is 5.69 Å². The molecule has 0 radical (unpaired) electrons. The Labute approximate surface area is 213 Å². The van der Waals surface area contributed by atoms with Crippen molar-refractivity contribution in [3.63, 3.8) is 0 Å². The summed E-state index contributed by atoms with van der Waals surface area (Å²) in [5.41, 5.74) is 2.68. The number of carbonyl (C=O) groups excluding carboxylic acids is 2. The fraction of sp³-hybridized carbons (Fsp3) is 0.333. The van der Waals surface area contributed by atoms with Crippen LogP contribution < -0.4 is 0 Å². The second kappa shape index (κ2) is 10.6. The van der Waals surface area contributed by atoms with Crippen LogP contribution in [0.5, 0.6) is 0 Å². The number of fused-ring (bicyclic) bond motifs is 1. The van der Waals surface area contributed by atoms with E-state index < -0.39 is 4.92 Å². The van der Waals surface area contributed by atoms with Gasteiger partial charge in [-0.15, -0.1) is 11.3 Å². The Hall–Kier alpha value is -3.56. The Morgan fingerprint density at radius 1 is 0.944 bits per heavy atom. The smallest absolute Gasteiger partial charge is 0.270 e. The van der Waals surface area contributed by atoms with Gasteiger partial charge in [0.15, 0.2) is 0 Å². The number of amides is 2. The van der Waals surface area contributed by atoms with Gasteiger partial charge in [-0.05, 0) is 41.5 Å². The van der Waals surface area contributed by atoms with Gasteiger partial charge in [0.1, 0.15) is 0 Å². The molecule has 9 heteroatoms. The SMILES string of the molecule is O=C(CN1CCc2sccc2[C@@H]1c1ccccc1)N1CCCN(C(=O)c2cccc([N+](=O)[O-])c2)CC1. The second-order valence-electron chi connectivity index (χ2n) is 9.17. The van der Waals surface area contributed by atoms with Gasteiger partial charge in [-0.25, -0.2) is 0 Å². The minimum absolute atomic E-state index is 0.0593. The molecule has 1 saturated heterocycles. The first-order chi connectivity index (χ1) is 17.5. The summed E-state index contributed by atoms with van der Waals surface area (Å²) in [6, 6.07) is 18.4. The van der Waals surface area contributed by atoms with Crippen molar-refractivity contribution in [3.05, 3.63) is 97.7 Å². The van der Waals surface area contributed by atoms with E-state index in [2.05, 4.69) is 28.5 Å². The Morgan fingerprint density at radius 2 is 1.72 bits per heavy atom. The van der Waals surface area contributed by atoms with Gasteiger partial charge in [0, 0.05) is 55.3 Å². The summed E-state index contributed by atoms with van der Waals surface area (Å²) in [5.74, 6) is -0.169. The molecule has 1 atom stereocenters. The van der Waals surface area contributed by atoms with Crippen LogP contribution in [0.3, 0.4) is 0 Å². The van der Waals surface area contributed by atoms with Crippen LogP contribution in [0.1, 0.15) is 38.8 Å². The molecule has 8 nitrogen and oxygen atoms in total. The van der Waals surface area contributed by atoms with E-state index in [0.29, 0.717) is 44.7 Å². The standard InChI is InChI=1S/C27H28N4O4S/c32-25(19-30-14-10-24-23(11-17-36-24)26(30)20-6-2-1-3-7-20)28-12-5-13-29(16-15-28)27(33)21-8-4-9-22(18-21)31(34)35/h1-4,6-9,11,17-18,26H,5,10,12-16,19H2/t26-/m0/s1. The number of nitrogens with zero attached hydrogens (tertiary/aromatic N) is 4. The molecule has 0 aliphatic carbocycles. The maximum atomic E-state index is 13.4. The van der Waals surface area contributed by atoms with Crippen LogP contribution in [0.2, 0.25) is 0 Å². The highest BCUT2D eigenvalue weighted by molar-refractivity contribution is 7.10. The van der Waals surface area contributed by atoms with Crippen molar-refractivity contribution in [3.8, 4) is 0 Å². The van der Waals surface area contributed by atoms with E-state index in [-0.39, 0.29) is 23.5 Å². The molecule has 2 amide bonds. The van der Waals surface area contributed by atoms with Crippen LogP contribution in [0, 0.1) is 10.1 Å². The number of thiophene rings is 1. The summed E-state index contributed by atoms with van der Waals surface area (Å²) in [5, 5.41) is 13.2. The molecule has 3 aromatic rings. The van der Waals surface area contributed by atoms with Crippen molar-refractivity contribution in [1.29, 1.82) is 0 Å². The molecule has 186 valence electrons. The molecule has 0 bridgehead atoms. The van der Waals surface area contributed by atoms with E-state index in [1.54, 1.807) is 22.3 Å². The van der Waals surface area contributed by atoms with Crippen molar-refractivity contribution in [2.24, 2.45) is 0 Å². The van der Waals surface area contributed by atoms with E-state index in [1.165, 1.54) is 34.2 Å². The molecule has 3 heterocycles. The number of rotatable bonds is 5. The largest absolute Gasteiger partial charge is 0.340 e. The fourth-order valence-electron chi connectivity index (χ4n) is 5.14. The average molecular weight is 505 g/mol. The number of nitro benzene ring substituents is 1. The molecule has 36 heavy (non-hydrogen) atoms. The molecular weight excluding hydrogens is 476 g/mol. The molecule has 0 spiro atoms. The van der Waals surface area contributed by atoms with E-state index >= 15 is 0 Å². The monoisotopic (exact) mass is 504 g/mol. The van der Waals surface area contributed by atoms with Crippen molar-refractivity contribution in [2.45, 2.75) is 18.9 Å².